The molecule has 138 valence electrons. The van der Waals surface area contributed by atoms with Gasteiger partial charge in [0.15, 0.2) is 0 Å². The number of hydrogen-bond donors (Lipinski definition) is 0. The van der Waals surface area contributed by atoms with Gasteiger partial charge in [-0.15, -0.1) is 0 Å². The lowest BCUT2D eigenvalue weighted by molar-refractivity contribution is 0.0998. The lowest BCUT2D eigenvalue weighted by Crippen LogP contribution is -2.53. The van der Waals surface area contributed by atoms with Crippen LogP contribution in [0.3, 0.4) is 0 Å². The maximum absolute atomic E-state index is 6.36. The third-order valence-electron chi connectivity index (χ3n) is 5.83. The normalized spacial score (nSPS) is 20.4. The summed E-state index contributed by atoms with van der Waals surface area (Å²) in [6.45, 7) is 7.97. The Morgan fingerprint density at radius 3 is 2.12 bits per heavy atom. The second-order valence-corrected chi connectivity index (χ2v) is 7.87. The monoisotopic (exact) mass is 369 g/mol. The summed E-state index contributed by atoms with van der Waals surface area (Å²) >= 11 is 6.36. The zero-order valence-corrected chi connectivity index (χ0v) is 16.1. The highest BCUT2D eigenvalue weighted by Crippen LogP contribution is 2.27. The fourth-order valence-electron chi connectivity index (χ4n) is 4.32. The minimum Gasteiger partial charge on any atom is -0.368 e. The average molecular weight is 370 g/mol. The summed E-state index contributed by atoms with van der Waals surface area (Å²) < 4.78 is 0. The van der Waals surface area contributed by atoms with E-state index in [2.05, 4.69) is 57.2 Å². The van der Waals surface area contributed by atoms with Crippen LogP contribution in [0.4, 0.5) is 5.69 Å². The molecule has 4 heteroatoms. The Labute approximate surface area is 162 Å². The molecule has 2 aliphatic heterocycles. The largest absolute Gasteiger partial charge is 0.368 e. The lowest BCUT2D eigenvalue weighted by atomic mass is 10.0. The smallest absolute Gasteiger partial charge is 0.0639 e. The molecule has 0 bridgehead atoms. The van der Waals surface area contributed by atoms with E-state index in [1.807, 2.05) is 12.1 Å². The molecule has 0 N–H and O–H groups in total. The van der Waals surface area contributed by atoms with E-state index in [9.17, 15) is 0 Å². The summed E-state index contributed by atoms with van der Waals surface area (Å²) in [5, 5.41) is 0.871. The summed E-state index contributed by atoms with van der Waals surface area (Å²) in [4.78, 5) is 7.74. The SMILES string of the molecule is Clc1ccccc1N1CCN(C2CCN(Cc3ccccc3)CC2)CC1. The number of piperidine rings is 1. The average Bonchev–Trinajstić information content (AvgIpc) is 2.70. The van der Waals surface area contributed by atoms with Crippen molar-refractivity contribution in [2.75, 3.05) is 44.2 Å². The van der Waals surface area contributed by atoms with Gasteiger partial charge in [0.1, 0.15) is 0 Å². The Hall–Kier alpha value is -1.55. The topological polar surface area (TPSA) is 9.72 Å². The Morgan fingerprint density at radius 1 is 0.769 bits per heavy atom. The molecule has 2 fully saturated rings. The van der Waals surface area contributed by atoms with Gasteiger partial charge in [-0.3, -0.25) is 9.80 Å². The van der Waals surface area contributed by atoms with Gasteiger partial charge in [-0.05, 0) is 43.6 Å². The van der Waals surface area contributed by atoms with Crippen molar-refractivity contribution < 1.29 is 0 Å². The van der Waals surface area contributed by atoms with Crippen LogP contribution in [0.25, 0.3) is 0 Å². The first-order chi connectivity index (χ1) is 12.8. The molecule has 0 amide bonds. The molecule has 0 saturated carbocycles. The molecule has 2 aromatic carbocycles. The van der Waals surface area contributed by atoms with Crippen molar-refractivity contribution in [3.05, 3.63) is 65.2 Å². The number of anilines is 1. The fourth-order valence-corrected chi connectivity index (χ4v) is 4.58. The summed E-state index contributed by atoms with van der Waals surface area (Å²) in [6.07, 6.45) is 2.58. The maximum atomic E-state index is 6.36. The Bertz CT molecular complexity index is 690. The maximum Gasteiger partial charge on any atom is 0.0639 e. The number of likely N-dealkylation sites (tertiary alicyclic amines) is 1. The van der Waals surface area contributed by atoms with Gasteiger partial charge in [0.05, 0.1) is 10.7 Å². The number of halogens is 1. The van der Waals surface area contributed by atoms with E-state index in [1.54, 1.807) is 0 Å². The second-order valence-electron chi connectivity index (χ2n) is 7.47. The molecule has 2 saturated heterocycles. The molecule has 3 nitrogen and oxygen atoms in total. The van der Waals surface area contributed by atoms with Gasteiger partial charge >= 0.3 is 0 Å². The van der Waals surface area contributed by atoms with E-state index in [0.29, 0.717) is 0 Å². The molecule has 2 aromatic rings. The Morgan fingerprint density at radius 2 is 1.42 bits per heavy atom. The van der Waals surface area contributed by atoms with Crippen molar-refractivity contribution in [3.63, 3.8) is 0 Å². The van der Waals surface area contributed by atoms with Crippen LogP contribution in [0.1, 0.15) is 18.4 Å². The van der Waals surface area contributed by atoms with E-state index in [4.69, 9.17) is 11.6 Å². The summed E-state index contributed by atoms with van der Waals surface area (Å²) in [5.41, 5.74) is 2.62. The molecule has 2 heterocycles. The molecule has 2 aliphatic rings. The molecule has 26 heavy (non-hydrogen) atoms. The predicted octanol–water partition coefficient (Wildman–Crippen LogP) is 4.13. The highest BCUT2D eigenvalue weighted by atomic mass is 35.5. The quantitative estimate of drug-likeness (QED) is 0.802. The van der Waals surface area contributed by atoms with Gasteiger partial charge < -0.3 is 4.90 Å². The minimum atomic E-state index is 0.746. The van der Waals surface area contributed by atoms with Crippen molar-refractivity contribution in [3.8, 4) is 0 Å². The standard InChI is InChI=1S/C22H28ClN3/c23-21-8-4-5-9-22(21)26-16-14-25(15-17-26)20-10-12-24(13-11-20)18-19-6-2-1-3-7-19/h1-9,20H,10-18H2. The molecule has 4 rings (SSSR count). The highest BCUT2D eigenvalue weighted by molar-refractivity contribution is 6.33. The van der Waals surface area contributed by atoms with E-state index < -0.39 is 0 Å². The first-order valence-corrected chi connectivity index (χ1v) is 10.2. The number of para-hydroxylation sites is 1. The van der Waals surface area contributed by atoms with Gasteiger partial charge in [0.2, 0.25) is 0 Å². The molecule has 0 radical (unpaired) electrons. The zero-order chi connectivity index (χ0) is 17.8. The van der Waals surface area contributed by atoms with Gasteiger partial charge in [0.25, 0.3) is 0 Å². The first-order valence-electron chi connectivity index (χ1n) is 9.79. The minimum absolute atomic E-state index is 0.746. The van der Waals surface area contributed by atoms with Crippen molar-refractivity contribution in [2.45, 2.75) is 25.4 Å². The molecular formula is C22H28ClN3. The molecular weight excluding hydrogens is 342 g/mol. The van der Waals surface area contributed by atoms with Crippen LogP contribution >= 0.6 is 11.6 Å². The van der Waals surface area contributed by atoms with E-state index in [-0.39, 0.29) is 0 Å². The number of hydrogen-bond acceptors (Lipinski definition) is 3. The van der Waals surface area contributed by atoms with Crippen molar-refractivity contribution in [1.29, 1.82) is 0 Å². The van der Waals surface area contributed by atoms with Crippen molar-refractivity contribution in [1.82, 2.24) is 9.80 Å². The van der Waals surface area contributed by atoms with Gasteiger partial charge in [-0.2, -0.15) is 0 Å². The third-order valence-corrected chi connectivity index (χ3v) is 6.15. The number of nitrogens with zero attached hydrogens (tertiary/aromatic N) is 3. The Kier molecular flexibility index (Phi) is 5.78. The van der Waals surface area contributed by atoms with E-state index >= 15 is 0 Å². The predicted molar refractivity (Wildman–Crippen MR) is 110 cm³/mol. The van der Waals surface area contributed by atoms with Crippen LogP contribution in [0.5, 0.6) is 0 Å². The van der Waals surface area contributed by atoms with Gasteiger partial charge in [-0.1, -0.05) is 54.1 Å². The first kappa shape index (κ1) is 17.8. The number of benzene rings is 2. The van der Waals surface area contributed by atoms with Crippen LogP contribution in [0.2, 0.25) is 5.02 Å². The summed E-state index contributed by atoms with van der Waals surface area (Å²) in [6, 6.07) is 19.8. The van der Waals surface area contributed by atoms with E-state index in [0.717, 1.165) is 43.8 Å². The van der Waals surface area contributed by atoms with Crippen LogP contribution in [-0.2, 0) is 6.54 Å². The number of rotatable bonds is 4. The molecule has 0 atom stereocenters. The zero-order valence-electron chi connectivity index (χ0n) is 15.4. The molecule has 0 spiro atoms. The second kappa shape index (κ2) is 8.43. The third kappa shape index (κ3) is 4.22. The fraction of sp³-hybridized carbons (Fsp3) is 0.455. The van der Waals surface area contributed by atoms with Crippen molar-refractivity contribution in [2.24, 2.45) is 0 Å². The molecule has 0 aliphatic carbocycles. The van der Waals surface area contributed by atoms with Crippen LogP contribution < -0.4 is 4.90 Å². The summed E-state index contributed by atoms with van der Waals surface area (Å²) in [7, 11) is 0. The number of piperazine rings is 1. The highest BCUT2D eigenvalue weighted by Gasteiger charge is 2.27. The van der Waals surface area contributed by atoms with E-state index in [1.165, 1.54) is 37.2 Å². The van der Waals surface area contributed by atoms with Crippen LogP contribution in [0, 0.1) is 0 Å². The van der Waals surface area contributed by atoms with Gasteiger partial charge in [-0.25, -0.2) is 0 Å². The lowest BCUT2D eigenvalue weighted by Gasteiger charge is -2.43. The van der Waals surface area contributed by atoms with Crippen LogP contribution in [0.15, 0.2) is 54.6 Å². The Balaban J connectivity index is 1.25. The molecule has 0 aromatic heterocycles. The van der Waals surface area contributed by atoms with Gasteiger partial charge in [0, 0.05) is 38.8 Å². The molecule has 0 unspecified atom stereocenters. The van der Waals surface area contributed by atoms with Crippen LogP contribution in [-0.4, -0.2) is 55.1 Å². The summed E-state index contributed by atoms with van der Waals surface area (Å²) in [5.74, 6) is 0. The van der Waals surface area contributed by atoms with Crippen molar-refractivity contribution >= 4 is 17.3 Å².